The van der Waals surface area contributed by atoms with Crippen LogP contribution in [-0.2, 0) is 30.8 Å². The van der Waals surface area contributed by atoms with Crippen LogP contribution in [0.5, 0.6) is 5.75 Å². The number of benzene rings is 3. The average Bonchev–Trinajstić information content (AvgIpc) is 3.52. The van der Waals surface area contributed by atoms with Gasteiger partial charge in [-0.1, -0.05) is 41.9 Å². The molecule has 10 nitrogen and oxygen atoms in total. The Hall–Kier alpha value is -3.77. The second-order valence-electron chi connectivity index (χ2n) is 9.62. The number of rotatable bonds is 14. The van der Waals surface area contributed by atoms with Gasteiger partial charge in [-0.15, -0.1) is 0 Å². The largest absolute Gasteiger partial charge is 0.484 e. The first kappa shape index (κ1) is 31.2. The molecule has 0 radical (unpaired) electrons. The van der Waals surface area contributed by atoms with E-state index < -0.39 is 22.5 Å². The first-order valence-electron chi connectivity index (χ1n) is 13.5. The van der Waals surface area contributed by atoms with Crippen molar-refractivity contribution >= 4 is 39.7 Å². The van der Waals surface area contributed by atoms with Crippen LogP contribution in [-0.4, -0.2) is 69.7 Å². The van der Waals surface area contributed by atoms with Gasteiger partial charge in [0.1, 0.15) is 5.75 Å². The van der Waals surface area contributed by atoms with E-state index in [1.807, 2.05) is 30.3 Å². The summed E-state index contributed by atoms with van der Waals surface area (Å²) in [5.74, 6) is -0.314. The summed E-state index contributed by atoms with van der Waals surface area (Å²) in [7, 11) is -3.97. The fraction of sp³-hybridized carbons (Fsp3) is 0.300. The lowest BCUT2D eigenvalue weighted by Crippen LogP contribution is -2.40. The quantitative estimate of drug-likeness (QED) is 0.212. The fourth-order valence-electron chi connectivity index (χ4n) is 4.20. The van der Waals surface area contributed by atoms with Crippen LogP contribution in [0.3, 0.4) is 0 Å². The zero-order chi connectivity index (χ0) is 29.8. The zero-order valence-electron chi connectivity index (χ0n) is 22.9. The van der Waals surface area contributed by atoms with Gasteiger partial charge in [-0.25, -0.2) is 13.8 Å². The molecule has 222 valence electrons. The van der Waals surface area contributed by atoms with Gasteiger partial charge < -0.3 is 14.8 Å². The molecule has 0 aliphatic carbocycles. The van der Waals surface area contributed by atoms with E-state index in [1.54, 1.807) is 24.3 Å². The Balaban J connectivity index is 1.29. The van der Waals surface area contributed by atoms with Gasteiger partial charge >= 0.3 is 0 Å². The molecule has 0 bridgehead atoms. The minimum atomic E-state index is -3.97. The first-order valence-corrected chi connectivity index (χ1v) is 15.3. The molecule has 0 aromatic heterocycles. The Labute approximate surface area is 250 Å². The molecule has 0 saturated carbocycles. The van der Waals surface area contributed by atoms with Crippen LogP contribution in [0.4, 0.5) is 0 Å². The standard InChI is InChI=1S/C30H33ClN4O6S/c31-25-10-14-28(15-11-25)42(38,39)35(17-16-23-5-2-1-3-6-23)21-29(36)34-33-19-24-8-12-26(13-9-24)41-22-30(37)32-20-27-7-4-18-40-27/h1-3,5-6,8-15,19,27H,4,7,16-18,20-22H2,(H,32,37)(H,34,36)/b33-19+/t27-/m1/s1. The van der Waals surface area contributed by atoms with E-state index in [4.69, 9.17) is 21.1 Å². The normalized spacial score (nSPS) is 15.1. The van der Waals surface area contributed by atoms with E-state index in [1.165, 1.54) is 30.5 Å². The number of amides is 2. The molecule has 3 aromatic rings. The van der Waals surface area contributed by atoms with Gasteiger partial charge in [0, 0.05) is 24.7 Å². The summed E-state index contributed by atoms with van der Waals surface area (Å²) in [6, 6.07) is 22.0. The lowest BCUT2D eigenvalue weighted by Gasteiger charge is -2.21. The molecule has 42 heavy (non-hydrogen) atoms. The van der Waals surface area contributed by atoms with Crippen molar-refractivity contribution in [2.45, 2.75) is 30.3 Å². The molecule has 2 amide bonds. The van der Waals surface area contributed by atoms with Crippen LogP contribution in [0.15, 0.2) is 88.9 Å². The van der Waals surface area contributed by atoms with Crippen LogP contribution in [0, 0.1) is 0 Å². The Bertz CT molecular complexity index is 1450. The number of ether oxygens (including phenoxy) is 2. The van der Waals surface area contributed by atoms with Crippen molar-refractivity contribution in [1.82, 2.24) is 15.0 Å². The molecule has 2 N–H and O–H groups in total. The molecule has 1 fully saturated rings. The minimum absolute atomic E-state index is 0.0406. The number of nitrogens with one attached hydrogen (secondary N) is 2. The average molecular weight is 613 g/mol. The Morgan fingerprint density at radius 3 is 2.45 bits per heavy atom. The van der Waals surface area contributed by atoms with Crippen molar-refractivity contribution in [2.75, 3.05) is 32.8 Å². The molecule has 3 aromatic carbocycles. The van der Waals surface area contributed by atoms with Crippen molar-refractivity contribution < 1.29 is 27.5 Å². The van der Waals surface area contributed by atoms with E-state index in [2.05, 4.69) is 15.8 Å². The lowest BCUT2D eigenvalue weighted by molar-refractivity contribution is -0.123. The summed E-state index contributed by atoms with van der Waals surface area (Å²) < 4.78 is 38.8. The predicted octanol–water partition coefficient (Wildman–Crippen LogP) is 3.40. The Morgan fingerprint density at radius 1 is 1.02 bits per heavy atom. The number of halogens is 1. The van der Waals surface area contributed by atoms with Gasteiger partial charge in [-0.05, 0) is 78.9 Å². The van der Waals surface area contributed by atoms with Gasteiger partial charge in [0.15, 0.2) is 6.61 Å². The summed E-state index contributed by atoms with van der Waals surface area (Å²) in [6.45, 7) is 0.768. The zero-order valence-corrected chi connectivity index (χ0v) is 24.5. The summed E-state index contributed by atoms with van der Waals surface area (Å²) in [6.07, 6.45) is 3.88. The number of hydrogen-bond donors (Lipinski definition) is 2. The monoisotopic (exact) mass is 612 g/mol. The van der Waals surface area contributed by atoms with E-state index in [0.29, 0.717) is 29.3 Å². The molecule has 1 saturated heterocycles. The molecule has 12 heteroatoms. The van der Waals surface area contributed by atoms with Gasteiger partial charge in [-0.2, -0.15) is 9.41 Å². The Kier molecular flexibility index (Phi) is 11.5. The maximum Gasteiger partial charge on any atom is 0.258 e. The van der Waals surface area contributed by atoms with Gasteiger partial charge in [-0.3, -0.25) is 9.59 Å². The number of sulfonamides is 1. The number of carbonyl (C=O) groups is 2. The summed E-state index contributed by atoms with van der Waals surface area (Å²) in [5, 5.41) is 7.17. The maximum absolute atomic E-state index is 13.3. The van der Waals surface area contributed by atoms with E-state index in [0.717, 1.165) is 29.3 Å². The highest BCUT2D eigenvalue weighted by atomic mass is 35.5. The van der Waals surface area contributed by atoms with Gasteiger partial charge in [0.25, 0.3) is 11.8 Å². The first-order chi connectivity index (χ1) is 20.3. The minimum Gasteiger partial charge on any atom is -0.484 e. The highest BCUT2D eigenvalue weighted by molar-refractivity contribution is 7.89. The van der Waals surface area contributed by atoms with Crippen molar-refractivity contribution in [3.05, 3.63) is 95.0 Å². The number of nitrogens with zero attached hydrogens (tertiary/aromatic N) is 2. The van der Waals surface area contributed by atoms with E-state index >= 15 is 0 Å². The van der Waals surface area contributed by atoms with Gasteiger partial charge in [0.05, 0.1) is 23.8 Å². The number of hydrazone groups is 1. The highest BCUT2D eigenvalue weighted by Gasteiger charge is 2.26. The lowest BCUT2D eigenvalue weighted by atomic mass is 10.1. The molecule has 1 aliphatic heterocycles. The van der Waals surface area contributed by atoms with Crippen LogP contribution in [0.25, 0.3) is 0 Å². The Morgan fingerprint density at radius 2 is 1.76 bits per heavy atom. The van der Waals surface area contributed by atoms with Crippen molar-refractivity contribution in [3.8, 4) is 5.75 Å². The van der Waals surface area contributed by atoms with E-state index in [-0.39, 0.29) is 30.1 Å². The third kappa shape index (κ3) is 9.66. The summed E-state index contributed by atoms with van der Waals surface area (Å²) in [4.78, 5) is 24.7. The molecular weight excluding hydrogens is 580 g/mol. The van der Waals surface area contributed by atoms with E-state index in [9.17, 15) is 18.0 Å². The number of carbonyl (C=O) groups excluding carboxylic acids is 2. The summed E-state index contributed by atoms with van der Waals surface area (Å²) >= 11 is 5.93. The smallest absolute Gasteiger partial charge is 0.258 e. The van der Waals surface area contributed by atoms with Crippen molar-refractivity contribution in [2.24, 2.45) is 5.10 Å². The third-order valence-electron chi connectivity index (χ3n) is 6.47. The van der Waals surface area contributed by atoms with Crippen LogP contribution in [0.1, 0.15) is 24.0 Å². The summed E-state index contributed by atoms with van der Waals surface area (Å²) in [5.41, 5.74) is 4.00. The third-order valence-corrected chi connectivity index (χ3v) is 8.58. The fourth-order valence-corrected chi connectivity index (χ4v) is 5.72. The molecule has 1 aliphatic rings. The second kappa shape index (κ2) is 15.5. The second-order valence-corrected chi connectivity index (χ2v) is 12.0. The molecular formula is C30H33ClN4O6S. The molecule has 1 heterocycles. The van der Waals surface area contributed by atoms with Crippen LogP contribution < -0.4 is 15.5 Å². The van der Waals surface area contributed by atoms with Crippen molar-refractivity contribution in [3.63, 3.8) is 0 Å². The topological polar surface area (TPSA) is 126 Å². The molecule has 0 spiro atoms. The van der Waals surface area contributed by atoms with Gasteiger partial charge in [0.2, 0.25) is 10.0 Å². The van der Waals surface area contributed by atoms with Crippen LogP contribution >= 0.6 is 11.6 Å². The predicted molar refractivity (Wildman–Crippen MR) is 160 cm³/mol. The highest BCUT2D eigenvalue weighted by Crippen LogP contribution is 2.19. The SMILES string of the molecule is O=C(COc1ccc(/C=N/NC(=O)CN(CCc2ccccc2)S(=O)(=O)c2ccc(Cl)cc2)cc1)NC[C@H]1CCCO1. The van der Waals surface area contributed by atoms with Crippen LogP contribution in [0.2, 0.25) is 5.02 Å². The molecule has 4 rings (SSSR count). The number of hydrogen-bond acceptors (Lipinski definition) is 7. The molecule has 1 atom stereocenters. The maximum atomic E-state index is 13.3. The molecule has 0 unspecified atom stereocenters. The van der Waals surface area contributed by atoms with Crippen molar-refractivity contribution in [1.29, 1.82) is 0 Å².